The van der Waals surface area contributed by atoms with E-state index in [2.05, 4.69) is 18.7 Å². The molecule has 0 bridgehead atoms. The highest BCUT2D eigenvalue weighted by molar-refractivity contribution is 5.16. The minimum Gasteiger partial charge on any atom is -0.103 e. The number of allylic oxidation sites excluding steroid dienone is 1. The lowest BCUT2D eigenvalue weighted by Crippen LogP contribution is -1.75. The summed E-state index contributed by atoms with van der Waals surface area (Å²) in [5.41, 5.74) is 1.33. The maximum Gasteiger partial charge on any atom is -0.0100 e. The van der Waals surface area contributed by atoms with E-state index in [1.54, 1.807) is 0 Å². The quantitative estimate of drug-likeness (QED) is 0.564. The highest BCUT2D eigenvalue weighted by Gasteiger charge is 1.82. The van der Waals surface area contributed by atoms with E-state index in [9.17, 15) is 0 Å². The van der Waals surface area contributed by atoms with Gasteiger partial charge in [0, 0.05) is 0 Å². The molecule has 0 aliphatic heterocycles. The number of benzene rings is 1. The van der Waals surface area contributed by atoms with Crippen molar-refractivity contribution in [3.05, 3.63) is 48.6 Å². The van der Waals surface area contributed by atoms with E-state index in [0.717, 1.165) is 6.42 Å². The fraction of sp³-hybridized carbons (Fsp3) is 0.273. The fourth-order valence-corrected chi connectivity index (χ4v) is 0.781. The molecule has 1 aromatic carbocycles. The predicted octanol–water partition coefficient (Wildman–Crippen LogP) is 3.69. The predicted molar refractivity (Wildman–Crippen MR) is 53.8 cm³/mol. The molecule has 0 spiro atoms. The van der Waals surface area contributed by atoms with Gasteiger partial charge in [0.05, 0.1) is 0 Å². The summed E-state index contributed by atoms with van der Waals surface area (Å²) < 4.78 is 0. The fourth-order valence-electron chi connectivity index (χ4n) is 0.781. The molecule has 0 amide bonds. The molecule has 0 heterocycles. The molecule has 0 saturated carbocycles. The van der Waals surface area contributed by atoms with Gasteiger partial charge in [0.2, 0.25) is 0 Å². The van der Waals surface area contributed by atoms with Crippen LogP contribution in [0.2, 0.25) is 0 Å². The summed E-state index contributed by atoms with van der Waals surface area (Å²) in [5, 5.41) is 0. The summed E-state index contributed by atoms with van der Waals surface area (Å²) in [7, 11) is 0. The van der Waals surface area contributed by atoms with Crippen molar-refractivity contribution in [2.75, 3.05) is 0 Å². The summed E-state index contributed by atoms with van der Waals surface area (Å²) >= 11 is 0. The maximum atomic E-state index is 3.66. The lowest BCUT2D eigenvalue weighted by atomic mass is 10.2. The molecule has 62 valence electrons. The number of hydrogen-bond donors (Lipinski definition) is 0. The van der Waals surface area contributed by atoms with Crippen LogP contribution >= 0.6 is 0 Å². The summed E-state index contributed by atoms with van der Waals surface area (Å²) in [6.45, 7) is 3.66. The van der Waals surface area contributed by atoms with Crippen LogP contribution in [-0.2, 0) is 6.42 Å². The van der Waals surface area contributed by atoms with Crippen molar-refractivity contribution >= 4 is 0 Å². The molecule has 1 aromatic rings. The Kier molecular flexibility index (Phi) is 8.11. The molecule has 0 fully saturated rings. The average Bonchev–Trinajstić information content (AvgIpc) is 1.91. The second-order valence-electron chi connectivity index (χ2n) is 1.98. The van der Waals surface area contributed by atoms with Crippen LogP contribution in [0.5, 0.6) is 0 Å². The summed E-state index contributed by atoms with van der Waals surface area (Å²) in [4.78, 5) is 0. The van der Waals surface area contributed by atoms with Crippen LogP contribution in [-0.4, -0.2) is 0 Å². The van der Waals surface area contributed by atoms with Crippen LogP contribution in [0.3, 0.4) is 0 Å². The van der Waals surface area contributed by atoms with Crippen molar-refractivity contribution in [3.8, 4) is 0 Å². The Labute approximate surface area is 70.6 Å². The second-order valence-corrected chi connectivity index (χ2v) is 1.98. The van der Waals surface area contributed by atoms with E-state index in [4.69, 9.17) is 0 Å². The SMILES string of the molecule is C.C.C=CCc1ccccc1. The average molecular weight is 150 g/mol. The van der Waals surface area contributed by atoms with Crippen LogP contribution in [0.25, 0.3) is 0 Å². The van der Waals surface area contributed by atoms with Gasteiger partial charge >= 0.3 is 0 Å². The van der Waals surface area contributed by atoms with Crippen molar-refractivity contribution in [1.29, 1.82) is 0 Å². The Morgan fingerprint density at radius 3 is 2.09 bits per heavy atom. The third-order valence-electron chi connectivity index (χ3n) is 1.22. The lowest BCUT2D eigenvalue weighted by molar-refractivity contribution is 1.28. The van der Waals surface area contributed by atoms with E-state index in [1.807, 2.05) is 24.3 Å². The summed E-state index contributed by atoms with van der Waals surface area (Å²) in [6.07, 6.45) is 2.89. The highest BCUT2D eigenvalue weighted by Crippen LogP contribution is 1.98. The molecule has 0 unspecified atom stereocenters. The zero-order valence-electron chi connectivity index (χ0n) is 5.38. The Bertz CT molecular complexity index is 174. The molecule has 0 aliphatic rings. The number of hydrogen-bond acceptors (Lipinski definition) is 0. The normalized spacial score (nSPS) is 7.27. The van der Waals surface area contributed by atoms with Gasteiger partial charge in [0.1, 0.15) is 0 Å². The van der Waals surface area contributed by atoms with E-state index >= 15 is 0 Å². The van der Waals surface area contributed by atoms with Gasteiger partial charge in [-0.05, 0) is 12.0 Å². The zero-order chi connectivity index (χ0) is 6.53. The van der Waals surface area contributed by atoms with Crippen molar-refractivity contribution in [3.63, 3.8) is 0 Å². The molecule has 0 radical (unpaired) electrons. The monoisotopic (exact) mass is 150 g/mol. The smallest absolute Gasteiger partial charge is 0.0100 e. The maximum absolute atomic E-state index is 3.66. The Morgan fingerprint density at radius 2 is 1.64 bits per heavy atom. The highest BCUT2D eigenvalue weighted by atomic mass is 13.9. The van der Waals surface area contributed by atoms with Gasteiger partial charge in [0.15, 0.2) is 0 Å². The van der Waals surface area contributed by atoms with Gasteiger partial charge in [0.25, 0.3) is 0 Å². The minimum atomic E-state index is 0. The van der Waals surface area contributed by atoms with Crippen LogP contribution < -0.4 is 0 Å². The topological polar surface area (TPSA) is 0 Å². The standard InChI is InChI=1S/C9H10.2CH4/c1-2-6-9-7-4-3-5-8-9;;/h2-5,7-8H,1,6H2;2*1H4. The summed E-state index contributed by atoms with van der Waals surface area (Å²) in [6, 6.07) is 10.3. The molecule has 0 saturated heterocycles. The van der Waals surface area contributed by atoms with Gasteiger partial charge in [-0.1, -0.05) is 51.3 Å². The molecular weight excluding hydrogens is 132 g/mol. The largest absolute Gasteiger partial charge is 0.103 e. The molecule has 11 heavy (non-hydrogen) atoms. The zero-order valence-corrected chi connectivity index (χ0v) is 5.38. The first-order valence-corrected chi connectivity index (χ1v) is 3.08. The number of rotatable bonds is 2. The van der Waals surface area contributed by atoms with Gasteiger partial charge in [-0.2, -0.15) is 0 Å². The summed E-state index contributed by atoms with van der Waals surface area (Å²) in [5.74, 6) is 0. The van der Waals surface area contributed by atoms with Crippen molar-refractivity contribution < 1.29 is 0 Å². The Morgan fingerprint density at radius 1 is 1.09 bits per heavy atom. The van der Waals surface area contributed by atoms with E-state index in [1.165, 1.54) is 5.56 Å². The lowest BCUT2D eigenvalue weighted by Gasteiger charge is -1.91. The van der Waals surface area contributed by atoms with Gasteiger partial charge in [-0.15, -0.1) is 6.58 Å². The van der Waals surface area contributed by atoms with E-state index in [-0.39, 0.29) is 14.9 Å². The van der Waals surface area contributed by atoms with Gasteiger partial charge in [-0.25, -0.2) is 0 Å². The van der Waals surface area contributed by atoms with Gasteiger partial charge in [-0.3, -0.25) is 0 Å². The van der Waals surface area contributed by atoms with Crippen LogP contribution in [0.4, 0.5) is 0 Å². The molecule has 0 aliphatic carbocycles. The first kappa shape index (κ1) is 12.6. The van der Waals surface area contributed by atoms with Crippen LogP contribution in [0.15, 0.2) is 43.0 Å². The Balaban J connectivity index is 0. The molecule has 1 rings (SSSR count). The molecular formula is C11H18. The minimum absolute atomic E-state index is 0. The van der Waals surface area contributed by atoms with Crippen LogP contribution in [0, 0.1) is 0 Å². The van der Waals surface area contributed by atoms with Crippen molar-refractivity contribution in [1.82, 2.24) is 0 Å². The second kappa shape index (κ2) is 7.07. The van der Waals surface area contributed by atoms with E-state index < -0.39 is 0 Å². The van der Waals surface area contributed by atoms with Crippen LogP contribution in [0.1, 0.15) is 20.4 Å². The molecule has 0 aromatic heterocycles. The van der Waals surface area contributed by atoms with Crippen molar-refractivity contribution in [2.24, 2.45) is 0 Å². The molecule has 0 N–H and O–H groups in total. The van der Waals surface area contributed by atoms with E-state index in [0.29, 0.717) is 0 Å². The molecule has 0 heteroatoms. The van der Waals surface area contributed by atoms with Crippen molar-refractivity contribution in [2.45, 2.75) is 21.3 Å². The Hall–Kier alpha value is -1.04. The third kappa shape index (κ3) is 4.38. The van der Waals surface area contributed by atoms with Gasteiger partial charge < -0.3 is 0 Å². The first-order valence-electron chi connectivity index (χ1n) is 3.08. The first-order chi connectivity index (χ1) is 4.43. The molecule has 0 nitrogen and oxygen atoms in total. The third-order valence-corrected chi connectivity index (χ3v) is 1.22. The molecule has 0 atom stereocenters.